The standard InChI is InChI=1S/C29H45O5P/c1-2-3-4-5-6-7-8-9-10-11-12-13-14-15-16-17-23-34-35(32,33)28-20-18-19-25-21-22-26(29(30)31)24-27(25)28/h18-22,24H,2-17,23H2,1H3,(H,30,31)(H,32,33). The Balaban J connectivity index is 1.55. The first-order chi connectivity index (χ1) is 17.0. The number of fused-ring (bicyclic) bond motifs is 1. The van der Waals surface area contributed by atoms with Gasteiger partial charge in [-0.3, -0.25) is 4.57 Å². The van der Waals surface area contributed by atoms with E-state index in [1.165, 1.54) is 95.6 Å². The van der Waals surface area contributed by atoms with E-state index in [2.05, 4.69) is 6.92 Å². The van der Waals surface area contributed by atoms with E-state index in [9.17, 15) is 19.4 Å². The zero-order chi connectivity index (χ0) is 25.4. The van der Waals surface area contributed by atoms with Crippen LogP contribution in [0.25, 0.3) is 10.8 Å². The van der Waals surface area contributed by atoms with Crippen LogP contribution in [-0.2, 0) is 9.09 Å². The molecule has 35 heavy (non-hydrogen) atoms. The quantitative estimate of drug-likeness (QED) is 0.139. The van der Waals surface area contributed by atoms with Crippen LogP contribution in [0, 0.1) is 0 Å². The van der Waals surface area contributed by atoms with Gasteiger partial charge in [0.25, 0.3) is 0 Å². The Bertz CT molecular complexity index is 926. The molecule has 1 atom stereocenters. The molecule has 2 aromatic rings. The van der Waals surface area contributed by atoms with Crippen LogP contribution in [0.3, 0.4) is 0 Å². The Hall–Kier alpha value is -1.68. The summed E-state index contributed by atoms with van der Waals surface area (Å²) in [6.45, 7) is 2.49. The molecule has 0 bridgehead atoms. The molecule has 0 spiro atoms. The van der Waals surface area contributed by atoms with Crippen LogP contribution < -0.4 is 5.30 Å². The first-order valence-corrected chi connectivity index (χ1v) is 15.3. The van der Waals surface area contributed by atoms with E-state index in [1.54, 1.807) is 24.3 Å². The Morgan fingerprint density at radius 3 is 1.80 bits per heavy atom. The van der Waals surface area contributed by atoms with Gasteiger partial charge in [0.1, 0.15) is 0 Å². The number of benzene rings is 2. The van der Waals surface area contributed by atoms with Crippen molar-refractivity contribution < 1.29 is 23.9 Å². The van der Waals surface area contributed by atoms with Gasteiger partial charge in [0.2, 0.25) is 0 Å². The van der Waals surface area contributed by atoms with Crippen LogP contribution in [-0.4, -0.2) is 22.6 Å². The minimum absolute atomic E-state index is 0.0859. The topological polar surface area (TPSA) is 83.8 Å². The van der Waals surface area contributed by atoms with Crippen LogP contribution in [0.1, 0.15) is 120 Å². The molecule has 0 radical (unpaired) electrons. The molecule has 0 aromatic heterocycles. The van der Waals surface area contributed by atoms with Crippen LogP contribution in [0.5, 0.6) is 0 Å². The third kappa shape index (κ3) is 11.3. The highest BCUT2D eigenvalue weighted by Gasteiger charge is 2.25. The van der Waals surface area contributed by atoms with E-state index in [-0.39, 0.29) is 17.5 Å². The van der Waals surface area contributed by atoms with Gasteiger partial charge in [-0.05, 0) is 35.4 Å². The van der Waals surface area contributed by atoms with Crippen molar-refractivity contribution in [1.29, 1.82) is 0 Å². The fourth-order valence-electron chi connectivity index (χ4n) is 4.54. The second-order valence-electron chi connectivity index (χ2n) is 9.68. The number of carboxylic acids is 1. The zero-order valence-corrected chi connectivity index (χ0v) is 22.4. The number of carbonyl (C=O) groups is 1. The highest BCUT2D eigenvalue weighted by Crippen LogP contribution is 2.43. The Morgan fingerprint density at radius 1 is 0.771 bits per heavy atom. The SMILES string of the molecule is CCCCCCCCCCCCCCCCCCOP(=O)(O)c1cccc2ccc(C(=O)O)cc12. The third-order valence-electron chi connectivity index (χ3n) is 6.67. The molecule has 2 N–H and O–H groups in total. The number of unbranched alkanes of at least 4 members (excludes halogenated alkanes) is 15. The molecule has 0 saturated heterocycles. The lowest BCUT2D eigenvalue weighted by molar-refractivity contribution is 0.0697. The van der Waals surface area contributed by atoms with Crippen molar-refractivity contribution in [1.82, 2.24) is 0 Å². The summed E-state index contributed by atoms with van der Waals surface area (Å²) >= 11 is 0. The molecule has 196 valence electrons. The maximum absolute atomic E-state index is 12.9. The first kappa shape index (κ1) is 29.5. The fourth-order valence-corrected chi connectivity index (χ4v) is 5.83. The average molecular weight is 505 g/mol. The van der Waals surface area contributed by atoms with Gasteiger partial charge in [-0.25, -0.2) is 4.79 Å². The predicted octanol–water partition coefficient (Wildman–Crippen LogP) is 8.63. The van der Waals surface area contributed by atoms with Gasteiger partial charge in [0, 0.05) is 0 Å². The molecule has 0 heterocycles. The minimum Gasteiger partial charge on any atom is -0.478 e. The van der Waals surface area contributed by atoms with Crippen molar-refractivity contribution >= 4 is 29.6 Å². The van der Waals surface area contributed by atoms with Gasteiger partial charge in [0.15, 0.2) is 0 Å². The molecule has 0 aliphatic heterocycles. The van der Waals surface area contributed by atoms with E-state index in [0.717, 1.165) is 19.3 Å². The van der Waals surface area contributed by atoms with Crippen molar-refractivity contribution in [3.63, 3.8) is 0 Å². The maximum Gasteiger partial charge on any atom is 0.359 e. The largest absolute Gasteiger partial charge is 0.478 e. The molecule has 0 aliphatic rings. The maximum atomic E-state index is 12.9. The summed E-state index contributed by atoms with van der Waals surface area (Å²) in [6.07, 6.45) is 20.4. The highest BCUT2D eigenvalue weighted by molar-refractivity contribution is 7.61. The summed E-state index contributed by atoms with van der Waals surface area (Å²) in [5.41, 5.74) is 0.0859. The van der Waals surface area contributed by atoms with Crippen LogP contribution in [0.2, 0.25) is 0 Å². The summed E-state index contributed by atoms with van der Waals surface area (Å²) in [6, 6.07) is 9.61. The molecule has 2 aromatic carbocycles. The first-order valence-electron chi connectivity index (χ1n) is 13.7. The summed E-state index contributed by atoms with van der Waals surface area (Å²) in [4.78, 5) is 21.8. The lowest BCUT2D eigenvalue weighted by Gasteiger charge is -2.15. The summed E-state index contributed by atoms with van der Waals surface area (Å²) in [5, 5.41) is 10.6. The Kier molecular flexibility index (Phi) is 14.3. The molecule has 0 amide bonds. The molecule has 0 saturated carbocycles. The van der Waals surface area contributed by atoms with E-state index in [4.69, 9.17) is 4.52 Å². The molecule has 1 unspecified atom stereocenters. The van der Waals surface area contributed by atoms with E-state index >= 15 is 0 Å². The van der Waals surface area contributed by atoms with Gasteiger partial charge in [-0.15, -0.1) is 0 Å². The predicted molar refractivity (Wildman–Crippen MR) is 146 cm³/mol. The van der Waals surface area contributed by atoms with Crippen molar-refractivity contribution in [2.45, 2.75) is 110 Å². The summed E-state index contributed by atoms with van der Waals surface area (Å²) < 4.78 is 18.3. The van der Waals surface area contributed by atoms with Crippen LogP contribution in [0.4, 0.5) is 0 Å². The van der Waals surface area contributed by atoms with Crippen molar-refractivity contribution in [3.05, 3.63) is 42.0 Å². The normalized spacial score (nSPS) is 13.2. The number of carboxylic acid groups (broad SMARTS) is 1. The van der Waals surface area contributed by atoms with Gasteiger partial charge >= 0.3 is 13.6 Å². The van der Waals surface area contributed by atoms with E-state index in [0.29, 0.717) is 10.8 Å². The molecule has 0 fully saturated rings. The Morgan fingerprint density at radius 2 is 1.29 bits per heavy atom. The summed E-state index contributed by atoms with van der Waals surface area (Å²) in [5.74, 6) is -1.07. The smallest absolute Gasteiger partial charge is 0.359 e. The van der Waals surface area contributed by atoms with Crippen molar-refractivity contribution in [2.24, 2.45) is 0 Å². The van der Waals surface area contributed by atoms with Crippen LogP contribution >= 0.6 is 7.60 Å². The van der Waals surface area contributed by atoms with Gasteiger partial charge in [-0.1, -0.05) is 121 Å². The van der Waals surface area contributed by atoms with Gasteiger partial charge in [-0.2, -0.15) is 0 Å². The lowest BCUT2D eigenvalue weighted by atomic mass is 10.0. The number of hydrogen-bond donors (Lipinski definition) is 2. The van der Waals surface area contributed by atoms with Gasteiger partial charge in [0.05, 0.1) is 17.5 Å². The molecule has 6 heteroatoms. The van der Waals surface area contributed by atoms with E-state index < -0.39 is 13.6 Å². The molecule has 0 aliphatic carbocycles. The van der Waals surface area contributed by atoms with Crippen LogP contribution in [0.15, 0.2) is 36.4 Å². The molecule has 2 rings (SSSR count). The molecule has 5 nitrogen and oxygen atoms in total. The number of aromatic carboxylic acids is 1. The summed E-state index contributed by atoms with van der Waals surface area (Å²) in [7, 11) is -4.02. The molecular weight excluding hydrogens is 459 g/mol. The third-order valence-corrected chi connectivity index (χ3v) is 8.21. The average Bonchev–Trinajstić information content (AvgIpc) is 2.85. The highest BCUT2D eigenvalue weighted by atomic mass is 31.2. The number of rotatable bonds is 20. The minimum atomic E-state index is -4.02. The molecular formula is C29H45O5P. The second-order valence-corrected chi connectivity index (χ2v) is 11.5. The lowest BCUT2D eigenvalue weighted by Crippen LogP contribution is -2.10. The van der Waals surface area contributed by atoms with E-state index in [1.807, 2.05) is 0 Å². The van der Waals surface area contributed by atoms with Crippen molar-refractivity contribution in [3.8, 4) is 0 Å². The van der Waals surface area contributed by atoms with Crippen molar-refractivity contribution in [2.75, 3.05) is 6.61 Å². The Labute approximate surface area is 211 Å². The second kappa shape index (κ2) is 16.9. The fraction of sp³-hybridized carbons (Fsp3) is 0.621. The monoisotopic (exact) mass is 504 g/mol. The number of hydrogen-bond acceptors (Lipinski definition) is 3. The van der Waals surface area contributed by atoms with Gasteiger partial charge < -0.3 is 14.5 Å². The zero-order valence-electron chi connectivity index (χ0n) is 21.6.